The minimum Gasteiger partial charge on any atom is -0.379 e. The summed E-state index contributed by atoms with van der Waals surface area (Å²) >= 11 is 1.64. The zero-order valence-electron chi connectivity index (χ0n) is 9.61. The van der Waals surface area contributed by atoms with Crippen LogP contribution < -0.4 is 11.1 Å². The fourth-order valence-corrected chi connectivity index (χ4v) is 2.45. The van der Waals surface area contributed by atoms with Gasteiger partial charge in [0.15, 0.2) is 0 Å². The van der Waals surface area contributed by atoms with Crippen LogP contribution in [0.5, 0.6) is 0 Å². The van der Waals surface area contributed by atoms with E-state index in [0.29, 0.717) is 6.61 Å². The first-order valence-electron chi connectivity index (χ1n) is 5.62. The van der Waals surface area contributed by atoms with Crippen molar-refractivity contribution in [3.63, 3.8) is 0 Å². The van der Waals surface area contributed by atoms with Gasteiger partial charge in [0.1, 0.15) is 0 Å². The Bertz CT molecular complexity index is 317. The topological polar surface area (TPSA) is 60.2 Å². The van der Waals surface area contributed by atoms with Gasteiger partial charge in [0.25, 0.3) is 0 Å². The summed E-state index contributed by atoms with van der Waals surface area (Å²) in [6.07, 6.45) is 0.982. The van der Waals surface area contributed by atoms with E-state index in [4.69, 9.17) is 10.5 Å². The fraction of sp³-hybridized carbons (Fsp3) is 0.727. The molecule has 1 aromatic heterocycles. The number of hydrogen-bond acceptors (Lipinski definition) is 5. The SMILES string of the molecule is CC1(CNCCc2cscn2)COCC1N. The maximum atomic E-state index is 6.01. The molecule has 2 atom stereocenters. The highest BCUT2D eigenvalue weighted by Gasteiger charge is 2.36. The Labute approximate surface area is 100 Å². The van der Waals surface area contributed by atoms with Crippen LogP contribution in [0, 0.1) is 5.41 Å². The summed E-state index contributed by atoms with van der Waals surface area (Å²) in [5.41, 5.74) is 9.13. The average molecular weight is 241 g/mol. The number of rotatable bonds is 5. The van der Waals surface area contributed by atoms with Crippen LogP contribution in [-0.2, 0) is 11.2 Å². The molecule has 0 saturated carbocycles. The largest absolute Gasteiger partial charge is 0.379 e. The molecule has 2 rings (SSSR count). The molecule has 2 heterocycles. The Hall–Kier alpha value is -0.490. The first kappa shape index (κ1) is 12.0. The van der Waals surface area contributed by atoms with E-state index < -0.39 is 0 Å². The first-order chi connectivity index (χ1) is 7.71. The number of aromatic nitrogens is 1. The Balaban J connectivity index is 1.68. The summed E-state index contributed by atoms with van der Waals surface area (Å²) < 4.78 is 5.40. The van der Waals surface area contributed by atoms with Gasteiger partial charge >= 0.3 is 0 Å². The zero-order chi connectivity index (χ0) is 11.4. The van der Waals surface area contributed by atoms with Crippen LogP contribution in [0.3, 0.4) is 0 Å². The van der Waals surface area contributed by atoms with Crippen molar-refractivity contribution in [2.75, 3.05) is 26.3 Å². The third-order valence-electron chi connectivity index (χ3n) is 3.19. The molecule has 4 nitrogen and oxygen atoms in total. The van der Waals surface area contributed by atoms with Gasteiger partial charge in [0.05, 0.1) is 24.4 Å². The molecular formula is C11H19N3OS. The van der Waals surface area contributed by atoms with Crippen molar-refractivity contribution in [1.82, 2.24) is 10.3 Å². The van der Waals surface area contributed by atoms with Crippen LogP contribution in [0.1, 0.15) is 12.6 Å². The number of nitrogens with zero attached hydrogens (tertiary/aromatic N) is 1. The molecule has 0 radical (unpaired) electrons. The first-order valence-corrected chi connectivity index (χ1v) is 6.56. The van der Waals surface area contributed by atoms with Gasteiger partial charge in [-0.2, -0.15) is 0 Å². The summed E-state index contributed by atoms with van der Waals surface area (Å²) in [4.78, 5) is 4.25. The van der Waals surface area contributed by atoms with Gasteiger partial charge in [-0.05, 0) is 0 Å². The van der Waals surface area contributed by atoms with Crippen LogP contribution in [0.4, 0.5) is 0 Å². The van der Waals surface area contributed by atoms with Crippen molar-refractivity contribution in [3.8, 4) is 0 Å². The van der Waals surface area contributed by atoms with Crippen LogP contribution in [0.2, 0.25) is 0 Å². The summed E-state index contributed by atoms with van der Waals surface area (Å²) in [6, 6.07) is 0.152. The van der Waals surface area contributed by atoms with E-state index >= 15 is 0 Å². The van der Waals surface area contributed by atoms with Crippen molar-refractivity contribution >= 4 is 11.3 Å². The Morgan fingerprint density at radius 2 is 2.62 bits per heavy atom. The minimum absolute atomic E-state index is 0.0854. The summed E-state index contributed by atoms with van der Waals surface area (Å²) in [5, 5.41) is 5.53. The number of ether oxygens (including phenoxy) is 1. The normalized spacial score (nSPS) is 29.8. The lowest BCUT2D eigenvalue weighted by molar-refractivity contribution is 0.158. The Morgan fingerprint density at radius 1 is 1.75 bits per heavy atom. The van der Waals surface area contributed by atoms with Crippen molar-refractivity contribution in [1.29, 1.82) is 0 Å². The Morgan fingerprint density at radius 3 is 3.25 bits per heavy atom. The van der Waals surface area contributed by atoms with Gasteiger partial charge < -0.3 is 15.8 Å². The van der Waals surface area contributed by atoms with Gasteiger partial charge in [0, 0.05) is 36.3 Å². The second-order valence-electron chi connectivity index (χ2n) is 4.68. The predicted octanol–water partition coefficient (Wildman–Crippen LogP) is 0.639. The maximum Gasteiger partial charge on any atom is 0.0794 e. The molecule has 1 aliphatic rings. The smallest absolute Gasteiger partial charge is 0.0794 e. The summed E-state index contributed by atoms with van der Waals surface area (Å²) in [5.74, 6) is 0. The van der Waals surface area contributed by atoms with Crippen LogP contribution in [0.25, 0.3) is 0 Å². The van der Waals surface area contributed by atoms with Gasteiger partial charge in [0.2, 0.25) is 0 Å². The lowest BCUT2D eigenvalue weighted by Gasteiger charge is -2.27. The molecule has 3 N–H and O–H groups in total. The molecule has 0 spiro atoms. The molecule has 0 aliphatic carbocycles. The van der Waals surface area contributed by atoms with E-state index in [0.717, 1.165) is 31.8 Å². The molecular weight excluding hydrogens is 222 g/mol. The van der Waals surface area contributed by atoms with Gasteiger partial charge in [-0.15, -0.1) is 11.3 Å². The maximum absolute atomic E-state index is 6.01. The molecule has 16 heavy (non-hydrogen) atoms. The standard InChI is InChI=1S/C11H19N3OS/c1-11(7-15-4-10(11)12)6-13-3-2-9-5-16-8-14-9/h5,8,10,13H,2-4,6-7,12H2,1H3. The predicted molar refractivity (Wildman–Crippen MR) is 65.6 cm³/mol. The zero-order valence-corrected chi connectivity index (χ0v) is 10.4. The summed E-state index contributed by atoms with van der Waals surface area (Å²) in [6.45, 7) is 5.49. The molecule has 2 unspecified atom stereocenters. The molecule has 0 bridgehead atoms. The van der Waals surface area contributed by atoms with Gasteiger partial charge in [-0.3, -0.25) is 0 Å². The monoisotopic (exact) mass is 241 g/mol. The van der Waals surface area contributed by atoms with Crippen LogP contribution in [-0.4, -0.2) is 37.3 Å². The molecule has 1 saturated heterocycles. The fourth-order valence-electron chi connectivity index (χ4n) is 1.86. The van der Waals surface area contributed by atoms with Crippen LogP contribution in [0.15, 0.2) is 10.9 Å². The van der Waals surface area contributed by atoms with E-state index in [9.17, 15) is 0 Å². The van der Waals surface area contributed by atoms with E-state index in [1.54, 1.807) is 11.3 Å². The second-order valence-corrected chi connectivity index (χ2v) is 5.40. The highest BCUT2D eigenvalue weighted by Crippen LogP contribution is 2.25. The van der Waals surface area contributed by atoms with E-state index in [1.807, 2.05) is 5.51 Å². The van der Waals surface area contributed by atoms with Crippen molar-refractivity contribution < 1.29 is 4.74 Å². The molecule has 1 fully saturated rings. The molecule has 0 amide bonds. The molecule has 90 valence electrons. The van der Waals surface area contributed by atoms with Gasteiger partial charge in [-0.1, -0.05) is 6.92 Å². The van der Waals surface area contributed by atoms with Crippen LogP contribution >= 0.6 is 11.3 Å². The minimum atomic E-state index is 0.0854. The third-order valence-corrected chi connectivity index (χ3v) is 3.83. The molecule has 0 aromatic carbocycles. The number of hydrogen-bond donors (Lipinski definition) is 2. The highest BCUT2D eigenvalue weighted by molar-refractivity contribution is 7.07. The molecule has 5 heteroatoms. The van der Waals surface area contributed by atoms with E-state index in [2.05, 4.69) is 22.6 Å². The lowest BCUT2D eigenvalue weighted by atomic mass is 9.86. The lowest BCUT2D eigenvalue weighted by Crippen LogP contribution is -2.45. The Kier molecular flexibility index (Phi) is 3.91. The number of thiazole rings is 1. The number of nitrogens with two attached hydrogens (primary N) is 1. The van der Waals surface area contributed by atoms with E-state index in [-0.39, 0.29) is 11.5 Å². The molecule has 1 aliphatic heterocycles. The van der Waals surface area contributed by atoms with Crippen molar-refractivity contribution in [2.45, 2.75) is 19.4 Å². The van der Waals surface area contributed by atoms with E-state index in [1.165, 1.54) is 0 Å². The summed E-state index contributed by atoms with van der Waals surface area (Å²) in [7, 11) is 0. The second kappa shape index (κ2) is 5.23. The van der Waals surface area contributed by atoms with Crippen molar-refractivity contribution in [2.24, 2.45) is 11.1 Å². The number of nitrogens with one attached hydrogen (secondary N) is 1. The quantitative estimate of drug-likeness (QED) is 0.743. The van der Waals surface area contributed by atoms with Crippen molar-refractivity contribution in [3.05, 3.63) is 16.6 Å². The molecule has 1 aromatic rings. The van der Waals surface area contributed by atoms with Gasteiger partial charge in [-0.25, -0.2) is 4.98 Å². The highest BCUT2D eigenvalue weighted by atomic mass is 32.1. The average Bonchev–Trinajstić information content (AvgIpc) is 2.86. The third kappa shape index (κ3) is 2.79.